The maximum Gasteiger partial charge on any atom is 0.270 e. The Labute approximate surface area is 186 Å². The minimum atomic E-state index is -0.308. The summed E-state index contributed by atoms with van der Waals surface area (Å²) in [6.45, 7) is 7.13. The largest absolute Gasteiger partial charge is 0.382 e. The van der Waals surface area contributed by atoms with E-state index in [1.165, 1.54) is 16.3 Å². The highest BCUT2D eigenvalue weighted by Gasteiger charge is 2.33. The number of anilines is 1. The Bertz CT molecular complexity index is 987. The molecule has 0 radical (unpaired) electrons. The molecule has 0 N–H and O–H groups in total. The summed E-state index contributed by atoms with van der Waals surface area (Å²) in [5, 5.41) is 9.53. The molecule has 2 fully saturated rings. The zero-order valence-electron chi connectivity index (χ0n) is 17.6. The molecule has 0 aromatic carbocycles. The van der Waals surface area contributed by atoms with E-state index in [1.807, 2.05) is 13.0 Å². The predicted molar refractivity (Wildman–Crippen MR) is 124 cm³/mol. The number of nitriles is 1. The highest BCUT2D eigenvalue weighted by Crippen LogP contribution is 2.36. The Morgan fingerprint density at radius 2 is 2.00 bits per heavy atom. The number of pyridine rings is 1. The van der Waals surface area contributed by atoms with Crippen molar-refractivity contribution in [3.8, 4) is 6.07 Å². The molecule has 30 heavy (non-hydrogen) atoms. The lowest BCUT2D eigenvalue weighted by atomic mass is 10.0. The molecule has 0 aliphatic carbocycles. The van der Waals surface area contributed by atoms with Crippen LogP contribution >= 0.6 is 24.0 Å². The molecule has 2 saturated heterocycles. The molecule has 0 saturated carbocycles. The van der Waals surface area contributed by atoms with Gasteiger partial charge in [0, 0.05) is 45.5 Å². The van der Waals surface area contributed by atoms with E-state index >= 15 is 0 Å². The van der Waals surface area contributed by atoms with E-state index in [-0.39, 0.29) is 17.0 Å². The van der Waals surface area contributed by atoms with Crippen molar-refractivity contribution in [2.24, 2.45) is 7.05 Å². The minimum Gasteiger partial charge on any atom is -0.382 e. The van der Waals surface area contributed by atoms with Crippen LogP contribution in [0, 0.1) is 18.3 Å². The third-order valence-electron chi connectivity index (χ3n) is 5.40. The van der Waals surface area contributed by atoms with Crippen LogP contribution < -0.4 is 10.5 Å². The zero-order chi connectivity index (χ0) is 21.8. The van der Waals surface area contributed by atoms with Gasteiger partial charge in [0.15, 0.2) is 0 Å². The summed E-state index contributed by atoms with van der Waals surface area (Å²) < 4.78 is 7.41. The van der Waals surface area contributed by atoms with Gasteiger partial charge in [-0.2, -0.15) is 5.26 Å². The van der Waals surface area contributed by atoms with Crippen LogP contribution in [0.5, 0.6) is 0 Å². The fourth-order valence-corrected chi connectivity index (χ4v) is 5.11. The molecule has 0 atom stereocenters. The van der Waals surface area contributed by atoms with Gasteiger partial charge in [-0.3, -0.25) is 19.1 Å². The quantitative estimate of drug-likeness (QED) is 0.362. The summed E-state index contributed by atoms with van der Waals surface area (Å²) in [7, 11) is 1.69. The van der Waals surface area contributed by atoms with Gasteiger partial charge < -0.3 is 9.64 Å². The van der Waals surface area contributed by atoms with Crippen molar-refractivity contribution < 1.29 is 9.53 Å². The number of aromatic nitrogens is 1. The van der Waals surface area contributed by atoms with Crippen LogP contribution in [0.25, 0.3) is 6.08 Å². The van der Waals surface area contributed by atoms with Crippen molar-refractivity contribution >= 4 is 46.1 Å². The lowest BCUT2D eigenvalue weighted by Gasteiger charge is -2.25. The molecule has 0 spiro atoms. The highest BCUT2D eigenvalue weighted by molar-refractivity contribution is 8.26. The molecular formula is C21H26N4O3S2. The molecule has 2 aliphatic rings. The predicted octanol–water partition coefficient (Wildman–Crippen LogP) is 2.79. The van der Waals surface area contributed by atoms with Gasteiger partial charge in [-0.05, 0) is 44.7 Å². The molecule has 2 aliphatic heterocycles. The summed E-state index contributed by atoms with van der Waals surface area (Å²) in [6, 6.07) is 2.03. The number of thioether (sulfide) groups is 1. The number of carbonyl (C=O) groups is 1. The average molecular weight is 447 g/mol. The fraction of sp³-hybridized carbons (Fsp3) is 0.524. The molecule has 0 bridgehead atoms. The van der Waals surface area contributed by atoms with E-state index in [0.717, 1.165) is 37.3 Å². The van der Waals surface area contributed by atoms with E-state index < -0.39 is 0 Å². The van der Waals surface area contributed by atoms with Crippen LogP contribution in [-0.2, 0) is 16.6 Å². The molecule has 0 unspecified atom stereocenters. The van der Waals surface area contributed by atoms with Crippen molar-refractivity contribution in [2.45, 2.75) is 33.1 Å². The lowest BCUT2D eigenvalue weighted by molar-refractivity contribution is -0.122. The number of amides is 1. The number of hydrogen-bond acceptors (Lipinski definition) is 7. The average Bonchev–Trinajstić information content (AvgIpc) is 3.33. The Hall–Kier alpha value is -2.15. The third kappa shape index (κ3) is 4.31. The van der Waals surface area contributed by atoms with Gasteiger partial charge in [-0.25, -0.2) is 0 Å². The molecule has 9 heteroatoms. The molecule has 1 amide bonds. The monoisotopic (exact) mass is 446 g/mol. The van der Waals surface area contributed by atoms with Crippen molar-refractivity contribution in [2.75, 3.05) is 37.7 Å². The highest BCUT2D eigenvalue weighted by atomic mass is 32.2. The Morgan fingerprint density at radius 1 is 1.30 bits per heavy atom. The maximum atomic E-state index is 13.0. The number of thiocarbonyl (C=S) groups is 1. The van der Waals surface area contributed by atoms with Crippen molar-refractivity contribution in [1.29, 1.82) is 5.26 Å². The van der Waals surface area contributed by atoms with Gasteiger partial charge in [0.05, 0.1) is 4.91 Å². The van der Waals surface area contributed by atoms with Crippen LogP contribution in [-0.4, -0.2) is 52.5 Å². The first-order valence-electron chi connectivity index (χ1n) is 10.1. The molecule has 1 aromatic heterocycles. The van der Waals surface area contributed by atoms with Gasteiger partial charge in [-0.1, -0.05) is 24.0 Å². The van der Waals surface area contributed by atoms with Crippen LogP contribution in [0.1, 0.15) is 42.9 Å². The second-order valence-corrected chi connectivity index (χ2v) is 8.97. The summed E-state index contributed by atoms with van der Waals surface area (Å²) in [4.78, 5) is 30.0. The van der Waals surface area contributed by atoms with E-state index in [9.17, 15) is 14.9 Å². The zero-order valence-corrected chi connectivity index (χ0v) is 19.2. The molecule has 3 rings (SSSR count). The second-order valence-electron chi connectivity index (χ2n) is 7.29. The Balaban J connectivity index is 2.01. The Morgan fingerprint density at radius 3 is 2.63 bits per heavy atom. The molecule has 160 valence electrons. The summed E-state index contributed by atoms with van der Waals surface area (Å²) in [5.74, 6) is 0.622. The van der Waals surface area contributed by atoms with Crippen molar-refractivity contribution in [1.82, 2.24) is 9.47 Å². The van der Waals surface area contributed by atoms with Crippen LogP contribution in [0.15, 0.2) is 9.70 Å². The number of hydrogen-bond donors (Lipinski definition) is 0. The third-order valence-corrected chi connectivity index (χ3v) is 6.77. The first kappa shape index (κ1) is 22.5. The van der Waals surface area contributed by atoms with Gasteiger partial charge in [0.1, 0.15) is 21.8 Å². The SMILES string of the molecule is CCOCCCN1C(=O)C(=Cc2c(C)c(C#N)c(=O)n(C)c2N2CCCC2)SC1=S. The van der Waals surface area contributed by atoms with Gasteiger partial charge in [-0.15, -0.1) is 0 Å². The molecule has 3 heterocycles. The number of nitrogens with zero attached hydrogens (tertiary/aromatic N) is 4. The number of ether oxygens (including phenoxy) is 1. The van der Waals surface area contributed by atoms with E-state index in [1.54, 1.807) is 24.9 Å². The van der Waals surface area contributed by atoms with Gasteiger partial charge >= 0.3 is 0 Å². The molecule has 7 nitrogen and oxygen atoms in total. The van der Waals surface area contributed by atoms with Crippen molar-refractivity contribution in [3.63, 3.8) is 0 Å². The first-order valence-corrected chi connectivity index (χ1v) is 11.3. The number of carbonyl (C=O) groups excluding carboxylic acids is 1. The normalized spacial score (nSPS) is 18.0. The second kappa shape index (κ2) is 9.77. The fourth-order valence-electron chi connectivity index (χ4n) is 3.82. The summed E-state index contributed by atoms with van der Waals surface area (Å²) >= 11 is 6.69. The van der Waals surface area contributed by atoms with Gasteiger partial charge in [0.25, 0.3) is 11.5 Å². The standard InChI is InChI=1S/C21H26N4O3S2/c1-4-28-11-7-10-25-20(27)17(30-21(25)29)12-15-14(2)16(13-22)19(26)23(3)18(15)24-8-5-6-9-24/h12H,4-11H2,1-3H3. The first-order chi connectivity index (χ1) is 14.4. The van der Waals surface area contributed by atoms with E-state index in [0.29, 0.717) is 41.0 Å². The van der Waals surface area contributed by atoms with Crippen LogP contribution in [0.2, 0.25) is 0 Å². The molecule has 1 aromatic rings. The topological polar surface area (TPSA) is 78.6 Å². The smallest absolute Gasteiger partial charge is 0.270 e. The lowest BCUT2D eigenvalue weighted by Crippen LogP contribution is -2.31. The Kier molecular flexibility index (Phi) is 7.34. The molecular weight excluding hydrogens is 420 g/mol. The summed E-state index contributed by atoms with van der Waals surface area (Å²) in [6.07, 6.45) is 4.61. The minimum absolute atomic E-state index is 0.110. The van der Waals surface area contributed by atoms with Gasteiger partial charge in [0.2, 0.25) is 0 Å². The maximum absolute atomic E-state index is 13.0. The summed E-state index contributed by atoms with van der Waals surface area (Å²) in [5.41, 5.74) is 1.14. The van der Waals surface area contributed by atoms with E-state index in [2.05, 4.69) is 4.90 Å². The van der Waals surface area contributed by atoms with Crippen molar-refractivity contribution in [3.05, 3.63) is 31.9 Å². The van der Waals surface area contributed by atoms with E-state index in [4.69, 9.17) is 17.0 Å². The van der Waals surface area contributed by atoms with Crippen LogP contribution in [0.4, 0.5) is 5.82 Å². The number of rotatable bonds is 7. The van der Waals surface area contributed by atoms with Crippen LogP contribution in [0.3, 0.4) is 0 Å².